The highest BCUT2D eigenvalue weighted by atomic mass is 16.5. The van der Waals surface area contributed by atoms with Gasteiger partial charge in [-0.25, -0.2) is 0 Å². The van der Waals surface area contributed by atoms with Gasteiger partial charge in [-0.05, 0) is 48.9 Å². The molecule has 2 aromatic carbocycles. The number of furan rings is 1. The maximum atomic E-state index is 13.1. The number of ketones is 1. The fourth-order valence-electron chi connectivity index (χ4n) is 3.87. The number of ether oxygens (including phenoxy) is 2. The Morgan fingerprint density at radius 3 is 2.44 bits per heavy atom. The van der Waals surface area contributed by atoms with Gasteiger partial charge in [-0.1, -0.05) is 23.8 Å². The molecule has 3 aromatic rings. The number of carbonyl (C=O) groups is 2. The lowest BCUT2D eigenvalue weighted by Gasteiger charge is -2.23. The molecule has 1 aliphatic heterocycles. The molecule has 1 aromatic heterocycles. The molecule has 164 valence electrons. The normalized spacial score (nSPS) is 17.6. The van der Waals surface area contributed by atoms with Crippen molar-refractivity contribution < 1.29 is 28.6 Å². The minimum atomic E-state index is -0.877. The number of amides is 1. The van der Waals surface area contributed by atoms with Crippen LogP contribution in [0.1, 0.15) is 28.5 Å². The zero-order chi connectivity index (χ0) is 22.8. The fourth-order valence-corrected chi connectivity index (χ4v) is 3.87. The fraction of sp³-hybridized carbons (Fsp3) is 0.200. The molecule has 7 heteroatoms. The van der Waals surface area contributed by atoms with E-state index >= 15 is 0 Å². The molecule has 1 amide bonds. The Balaban J connectivity index is 1.83. The lowest BCUT2D eigenvalue weighted by Crippen LogP contribution is -2.29. The minimum absolute atomic E-state index is 0.0395. The van der Waals surface area contributed by atoms with E-state index in [1.165, 1.54) is 18.3 Å². The van der Waals surface area contributed by atoms with Crippen molar-refractivity contribution in [1.82, 2.24) is 4.90 Å². The molecule has 7 nitrogen and oxygen atoms in total. The van der Waals surface area contributed by atoms with Crippen molar-refractivity contribution in [2.75, 3.05) is 14.2 Å². The molecule has 2 heterocycles. The van der Waals surface area contributed by atoms with Crippen LogP contribution >= 0.6 is 0 Å². The van der Waals surface area contributed by atoms with Gasteiger partial charge in [-0.3, -0.25) is 9.59 Å². The molecule has 1 fully saturated rings. The van der Waals surface area contributed by atoms with E-state index in [9.17, 15) is 14.7 Å². The summed E-state index contributed by atoms with van der Waals surface area (Å²) in [7, 11) is 3.05. The van der Waals surface area contributed by atoms with Gasteiger partial charge in [0.15, 0.2) is 0 Å². The molecule has 1 aliphatic rings. The van der Waals surface area contributed by atoms with E-state index in [1.807, 2.05) is 25.1 Å². The number of carbonyl (C=O) groups excluding carboxylic acids is 2. The Kier molecular flexibility index (Phi) is 5.73. The monoisotopic (exact) mass is 433 g/mol. The van der Waals surface area contributed by atoms with E-state index in [0.717, 1.165) is 11.1 Å². The number of hydrogen-bond donors (Lipinski definition) is 1. The van der Waals surface area contributed by atoms with Crippen molar-refractivity contribution in [2.24, 2.45) is 0 Å². The summed E-state index contributed by atoms with van der Waals surface area (Å²) in [5.41, 5.74) is 1.97. The second-order valence-corrected chi connectivity index (χ2v) is 7.49. The van der Waals surface area contributed by atoms with E-state index in [4.69, 9.17) is 13.9 Å². The van der Waals surface area contributed by atoms with E-state index in [-0.39, 0.29) is 17.9 Å². The van der Waals surface area contributed by atoms with Crippen LogP contribution in [0.4, 0.5) is 0 Å². The zero-order valence-corrected chi connectivity index (χ0v) is 18.0. The van der Waals surface area contributed by atoms with Crippen molar-refractivity contribution in [3.63, 3.8) is 0 Å². The smallest absolute Gasteiger partial charge is 0.296 e. The van der Waals surface area contributed by atoms with E-state index in [1.54, 1.807) is 43.5 Å². The Bertz CT molecular complexity index is 1180. The van der Waals surface area contributed by atoms with E-state index in [0.29, 0.717) is 22.8 Å². The molecular weight excluding hydrogens is 410 g/mol. The van der Waals surface area contributed by atoms with Crippen LogP contribution in [-0.4, -0.2) is 35.9 Å². The second kappa shape index (κ2) is 8.63. The first-order valence-electron chi connectivity index (χ1n) is 10.0. The molecule has 4 rings (SSSR count). The first-order valence-corrected chi connectivity index (χ1v) is 10.0. The lowest BCUT2D eigenvalue weighted by molar-refractivity contribution is -0.140. The summed E-state index contributed by atoms with van der Waals surface area (Å²) in [5.74, 6) is -0.331. The van der Waals surface area contributed by atoms with Crippen molar-refractivity contribution in [1.29, 1.82) is 0 Å². The predicted molar refractivity (Wildman–Crippen MR) is 117 cm³/mol. The number of aliphatic hydroxyl groups excluding tert-OH is 1. The molecular formula is C25H23NO6. The van der Waals surface area contributed by atoms with Crippen LogP contribution in [0.2, 0.25) is 0 Å². The highest BCUT2D eigenvalue weighted by Gasteiger charge is 2.47. The van der Waals surface area contributed by atoms with Gasteiger partial charge in [-0.2, -0.15) is 0 Å². The molecule has 1 atom stereocenters. The standard InChI is InChI=1S/C25H23NO6/c1-15-6-11-19(31-3)18(13-15)23(27)21-22(20-5-4-12-32-20)26(25(29)24(21)28)14-16-7-9-17(30-2)10-8-16/h4-13,22,27H,14H2,1-3H3/b23-21-. The van der Waals surface area contributed by atoms with Crippen LogP contribution in [0.5, 0.6) is 11.5 Å². The summed E-state index contributed by atoms with van der Waals surface area (Å²) in [6, 6.07) is 14.9. The Labute approximate surface area is 185 Å². The van der Waals surface area contributed by atoms with Crippen LogP contribution in [0.15, 0.2) is 70.9 Å². The third kappa shape index (κ3) is 3.73. The number of nitrogens with zero attached hydrogens (tertiary/aromatic N) is 1. The van der Waals surface area contributed by atoms with Gasteiger partial charge >= 0.3 is 0 Å². The Hall–Kier alpha value is -4.00. The molecule has 32 heavy (non-hydrogen) atoms. The van der Waals surface area contributed by atoms with Gasteiger partial charge in [0.25, 0.3) is 11.7 Å². The number of Topliss-reactive ketones (excluding diaryl/α,β-unsaturated/α-hetero) is 1. The van der Waals surface area contributed by atoms with Crippen molar-refractivity contribution in [3.05, 3.63) is 88.9 Å². The van der Waals surface area contributed by atoms with Crippen molar-refractivity contribution >= 4 is 17.4 Å². The summed E-state index contributed by atoms with van der Waals surface area (Å²) in [5, 5.41) is 11.2. The number of likely N-dealkylation sites (tertiary alicyclic amines) is 1. The number of aryl methyl sites for hydroxylation is 1. The van der Waals surface area contributed by atoms with Gasteiger partial charge < -0.3 is 23.9 Å². The molecule has 0 bridgehead atoms. The van der Waals surface area contributed by atoms with Crippen LogP contribution < -0.4 is 9.47 Å². The van der Waals surface area contributed by atoms with Crippen LogP contribution in [0.25, 0.3) is 5.76 Å². The quantitative estimate of drug-likeness (QED) is 0.356. The summed E-state index contributed by atoms with van der Waals surface area (Å²) >= 11 is 0. The number of methoxy groups -OCH3 is 2. The average Bonchev–Trinajstić information content (AvgIpc) is 3.42. The van der Waals surface area contributed by atoms with Gasteiger partial charge in [0.05, 0.1) is 31.6 Å². The average molecular weight is 433 g/mol. The summed E-state index contributed by atoms with van der Waals surface area (Å²) in [6.45, 7) is 2.02. The molecule has 1 saturated heterocycles. The maximum absolute atomic E-state index is 13.1. The Morgan fingerprint density at radius 1 is 1.06 bits per heavy atom. The third-order valence-corrected chi connectivity index (χ3v) is 5.47. The number of benzene rings is 2. The summed E-state index contributed by atoms with van der Waals surface area (Å²) in [6.07, 6.45) is 1.47. The maximum Gasteiger partial charge on any atom is 0.296 e. The minimum Gasteiger partial charge on any atom is -0.507 e. The summed E-state index contributed by atoms with van der Waals surface area (Å²) in [4.78, 5) is 27.5. The van der Waals surface area contributed by atoms with Crippen molar-refractivity contribution in [3.8, 4) is 11.5 Å². The molecule has 0 spiro atoms. The first kappa shape index (κ1) is 21.2. The van der Waals surface area contributed by atoms with Gasteiger partial charge in [0, 0.05) is 6.54 Å². The zero-order valence-electron chi connectivity index (χ0n) is 18.0. The Morgan fingerprint density at radius 2 is 1.81 bits per heavy atom. The predicted octanol–water partition coefficient (Wildman–Crippen LogP) is 4.23. The van der Waals surface area contributed by atoms with Gasteiger partial charge in [0.2, 0.25) is 0 Å². The van der Waals surface area contributed by atoms with E-state index < -0.39 is 17.7 Å². The molecule has 0 saturated carbocycles. The lowest BCUT2D eigenvalue weighted by atomic mass is 9.97. The molecule has 1 unspecified atom stereocenters. The molecule has 0 radical (unpaired) electrons. The van der Waals surface area contributed by atoms with Crippen LogP contribution in [0.3, 0.4) is 0 Å². The van der Waals surface area contributed by atoms with E-state index in [2.05, 4.69) is 0 Å². The number of aliphatic hydroxyl groups is 1. The number of hydrogen-bond acceptors (Lipinski definition) is 6. The second-order valence-electron chi connectivity index (χ2n) is 7.49. The number of rotatable bonds is 6. The summed E-state index contributed by atoms with van der Waals surface area (Å²) < 4.78 is 16.1. The molecule has 1 N–H and O–H groups in total. The first-order chi connectivity index (χ1) is 15.4. The van der Waals surface area contributed by atoms with Crippen LogP contribution in [-0.2, 0) is 16.1 Å². The largest absolute Gasteiger partial charge is 0.507 e. The topological polar surface area (TPSA) is 89.2 Å². The molecule has 0 aliphatic carbocycles. The van der Waals surface area contributed by atoms with Gasteiger partial charge in [-0.15, -0.1) is 0 Å². The van der Waals surface area contributed by atoms with Gasteiger partial charge in [0.1, 0.15) is 29.1 Å². The SMILES string of the molecule is COc1ccc(CN2C(=O)C(=O)/C(=C(\O)c3cc(C)ccc3OC)C2c2ccco2)cc1. The third-order valence-electron chi connectivity index (χ3n) is 5.47. The highest BCUT2D eigenvalue weighted by Crippen LogP contribution is 2.42. The van der Waals surface area contributed by atoms with Crippen molar-refractivity contribution in [2.45, 2.75) is 19.5 Å². The highest BCUT2D eigenvalue weighted by molar-refractivity contribution is 6.46. The van der Waals surface area contributed by atoms with Crippen LogP contribution in [0, 0.1) is 6.92 Å².